The highest BCUT2D eigenvalue weighted by atomic mass is 35.5. The number of para-hydroxylation sites is 1. The van der Waals surface area contributed by atoms with E-state index in [-0.39, 0.29) is 21.9 Å². The van der Waals surface area contributed by atoms with E-state index >= 15 is 0 Å². The lowest BCUT2D eigenvalue weighted by Crippen LogP contribution is -2.45. The lowest BCUT2D eigenvalue weighted by atomic mass is 10.0. The summed E-state index contributed by atoms with van der Waals surface area (Å²) in [5.41, 5.74) is 2.36. The highest BCUT2D eigenvalue weighted by Gasteiger charge is 2.24. The van der Waals surface area contributed by atoms with Gasteiger partial charge in [0.05, 0.1) is 15.5 Å². The quantitative estimate of drug-likeness (QED) is 0.311. The van der Waals surface area contributed by atoms with Gasteiger partial charge in [-0.25, -0.2) is 13.6 Å². The van der Waals surface area contributed by atoms with Gasteiger partial charge in [0.1, 0.15) is 6.04 Å². The van der Waals surface area contributed by atoms with Gasteiger partial charge in [0.15, 0.2) is 0 Å². The average molecular weight is 497 g/mol. The van der Waals surface area contributed by atoms with Crippen LogP contribution >= 0.6 is 11.6 Å². The number of anilines is 1. The van der Waals surface area contributed by atoms with Crippen molar-refractivity contribution in [2.45, 2.75) is 17.4 Å². The molecule has 4 aromatic rings. The number of hydrogen-bond acceptors (Lipinski definition) is 4. The van der Waals surface area contributed by atoms with Gasteiger partial charge in [-0.2, -0.15) is 0 Å². The van der Waals surface area contributed by atoms with Crippen LogP contribution < -0.4 is 15.8 Å². The molecule has 0 radical (unpaired) electrons. The number of aromatic amines is 1. The van der Waals surface area contributed by atoms with Crippen molar-refractivity contribution in [2.75, 3.05) is 5.32 Å². The molecule has 174 valence electrons. The number of nitrogens with one attached hydrogen (secondary N) is 3. The van der Waals surface area contributed by atoms with Crippen LogP contribution in [0.15, 0.2) is 83.9 Å². The zero-order chi connectivity index (χ0) is 24.3. The number of carbonyl (C=O) groups excluding carboxylic acids is 2. The molecule has 8 nitrogen and oxygen atoms in total. The van der Waals surface area contributed by atoms with Gasteiger partial charge in [-0.15, -0.1) is 0 Å². The molecular weight excluding hydrogens is 476 g/mol. The number of halogens is 1. The SMILES string of the molecule is NS(=O)(=O)c1ccc(NC(=O)C(Cc2c[nH]c3ccccc23)NC(=O)c2ccccc2Cl)cc1. The van der Waals surface area contributed by atoms with Crippen LogP contribution in [0, 0.1) is 0 Å². The lowest BCUT2D eigenvalue weighted by Gasteiger charge is -2.19. The second-order valence-corrected chi connectivity index (χ2v) is 9.60. The van der Waals surface area contributed by atoms with Gasteiger partial charge < -0.3 is 15.6 Å². The standard InChI is InChI=1S/C24H21ClN4O4S/c25-20-7-3-1-6-19(20)23(30)29-22(13-15-14-27-21-8-4-2-5-18(15)21)24(31)28-16-9-11-17(12-10-16)34(26,32)33/h1-12,14,22,27H,13H2,(H,28,31)(H,29,30)(H2,26,32,33). The molecular formula is C24H21ClN4O4S. The second kappa shape index (κ2) is 9.68. The molecule has 0 saturated heterocycles. The number of carbonyl (C=O) groups is 2. The summed E-state index contributed by atoms with van der Waals surface area (Å²) in [6.07, 6.45) is 2.01. The molecule has 0 spiro atoms. The maximum atomic E-state index is 13.2. The molecule has 10 heteroatoms. The smallest absolute Gasteiger partial charge is 0.253 e. The molecule has 34 heavy (non-hydrogen) atoms. The van der Waals surface area contributed by atoms with Crippen LogP contribution in [-0.2, 0) is 21.2 Å². The maximum Gasteiger partial charge on any atom is 0.253 e. The number of nitrogens with two attached hydrogens (primary N) is 1. The van der Waals surface area contributed by atoms with Crippen LogP contribution in [0.1, 0.15) is 15.9 Å². The Morgan fingerprint density at radius 3 is 2.35 bits per heavy atom. The number of aromatic nitrogens is 1. The Balaban J connectivity index is 1.60. The summed E-state index contributed by atoms with van der Waals surface area (Å²) < 4.78 is 22.9. The van der Waals surface area contributed by atoms with Crippen LogP contribution in [-0.4, -0.2) is 31.3 Å². The third kappa shape index (κ3) is 5.28. The summed E-state index contributed by atoms with van der Waals surface area (Å²) in [4.78, 5) is 29.2. The van der Waals surface area contributed by atoms with Crippen molar-refractivity contribution >= 4 is 50.0 Å². The van der Waals surface area contributed by atoms with E-state index in [0.717, 1.165) is 16.5 Å². The Kier molecular flexibility index (Phi) is 6.69. The van der Waals surface area contributed by atoms with E-state index in [1.807, 2.05) is 24.3 Å². The normalized spacial score (nSPS) is 12.3. The van der Waals surface area contributed by atoms with Crippen LogP contribution in [0.4, 0.5) is 5.69 Å². The van der Waals surface area contributed by atoms with Crippen LogP contribution in [0.3, 0.4) is 0 Å². The minimum atomic E-state index is -3.86. The molecule has 3 aromatic carbocycles. The van der Waals surface area contributed by atoms with Crippen molar-refractivity contribution in [1.29, 1.82) is 0 Å². The topological polar surface area (TPSA) is 134 Å². The summed E-state index contributed by atoms with van der Waals surface area (Å²) in [5, 5.41) is 11.8. The fraction of sp³-hybridized carbons (Fsp3) is 0.0833. The van der Waals surface area contributed by atoms with Crippen molar-refractivity contribution in [3.8, 4) is 0 Å². The second-order valence-electron chi connectivity index (χ2n) is 7.63. The van der Waals surface area contributed by atoms with E-state index < -0.39 is 27.9 Å². The third-order valence-corrected chi connectivity index (χ3v) is 6.55. The van der Waals surface area contributed by atoms with Gasteiger partial charge in [-0.05, 0) is 48.0 Å². The van der Waals surface area contributed by atoms with E-state index in [4.69, 9.17) is 16.7 Å². The lowest BCUT2D eigenvalue weighted by molar-refractivity contribution is -0.118. The van der Waals surface area contributed by atoms with Crippen molar-refractivity contribution in [3.63, 3.8) is 0 Å². The first kappa shape index (κ1) is 23.5. The molecule has 0 bridgehead atoms. The number of benzene rings is 3. The highest BCUT2D eigenvalue weighted by Crippen LogP contribution is 2.21. The first-order chi connectivity index (χ1) is 16.2. The van der Waals surface area contributed by atoms with E-state index in [2.05, 4.69) is 15.6 Å². The Morgan fingerprint density at radius 1 is 0.971 bits per heavy atom. The van der Waals surface area contributed by atoms with Gasteiger partial charge >= 0.3 is 0 Å². The van der Waals surface area contributed by atoms with Crippen LogP contribution in [0.5, 0.6) is 0 Å². The number of primary sulfonamides is 1. The molecule has 4 rings (SSSR count). The van der Waals surface area contributed by atoms with Crippen molar-refractivity contribution in [2.24, 2.45) is 5.14 Å². The summed E-state index contributed by atoms with van der Waals surface area (Å²) >= 11 is 6.16. The largest absolute Gasteiger partial charge is 0.361 e. The van der Waals surface area contributed by atoms with E-state index in [9.17, 15) is 18.0 Å². The summed E-state index contributed by atoms with van der Waals surface area (Å²) in [7, 11) is -3.86. The molecule has 0 aliphatic rings. The van der Waals surface area contributed by atoms with Gasteiger partial charge in [-0.1, -0.05) is 41.9 Å². The summed E-state index contributed by atoms with van der Waals surface area (Å²) in [6.45, 7) is 0. The van der Waals surface area contributed by atoms with E-state index in [1.54, 1.807) is 30.5 Å². The van der Waals surface area contributed by atoms with Gasteiger partial charge in [-0.3, -0.25) is 9.59 Å². The molecule has 1 unspecified atom stereocenters. The summed E-state index contributed by atoms with van der Waals surface area (Å²) in [5.74, 6) is -0.968. The number of hydrogen-bond donors (Lipinski definition) is 4. The predicted octanol–water partition coefficient (Wildman–Crippen LogP) is 3.45. The highest BCUT2D eigenvalue weighted by molar-refractivity contribution is 7.89. The molecule has 1 atom stereocenters. The molecule has 1 heterocycles. The molecule has 5 N–H and O–H groups in total. The number of H-pyrrole nitrogens is 1. The number of rotatable bonds is 7. The Morgan fingerprint density at radius 2 is 1.65 bits per heavy atom. The number of fused-ring (bicyclic) bond motifs is 1. The first-order valence-corrected chi connectivity index (χ1v) is 12.2. The van der Waals surface area contributed by atoms with E-state index in [1.165, 1.54) is 24.3 Å². The van der Waals surface area contributed by atoms with Crippen molar-refractivity contribution < 1.29 is 18.0 Å². The zero-order valence-electron chi connectivity index (χ0n) is 17.8. The van der Waals surface area contributed by atoms with Gasteiger partial charge in [0, 0.05) is 29.2 Å². The Hall–Kier alpha value is -3.66. The van der Waals surface area contributed by atoms with Crippen LogP contribution in [0.2, 0.25) is 5.02 Å². The van der Waals surface area contributed by atoms with Gasteiger partial charge in [0.2, 0.25) is 15.9 Å². The predicted molar refractivity (Wildman–Crippen MR) is 131 cm³/mol. The monoisotopic (exact) mass is 496 g/mol. The number of sulfonamides is 1. The fourth-order valence-corrected chi connectivity index (χ4v) is 4.31. The maximum absolute atomic E-state index is 13.2. The first-order valence-electron chi connectivity index (χ1n) is 10.3. The molecule has 0 aliphatic carbocycles. The third-order valence-electron chi connectivity index (χ3n) is 5.29. The Labute approximate surface area is 201 Å². The van der Waals surface area contributed by atoms with Gasteiger partial charge in [0.25, 0.3) is 5.91 Å². The number of amides is 2. The summed E-state index contributed by atoms with van der Waals surface area (Å²) in [6, 6.07) is 18.7. The van der Waals surface area contributed by atoms with Crippen molar-refractivity contribution in [3.05, 3.63) is 95.1 Å². The average Bonchev–Trinajstić information content (AvgIpc) is 3.21. The minimum Gasteiger partial charge on any atom is -0.361 e. The fourth-order valence-electron chi connectivity index (χ4n) is 3.57. The molecule has 1 aromatic heterocycles. The minimum absolute atomic E-state index is 0.0761. The zero-order valence-corrected chi connectivity index (χ0v) is 19.4. The van der Waals surface area contributed by atoms with Crippen LogP contribution in [0.25, 0.3) is 10.9 Å². The molecule has 0 saturated carbocycles. The van der Waals surface area contributed by atoms with E-state index in [0.29, 0.717) is 5.69 Å². The molecule has 0 aliphatic heterocycles. The Bertz CT molecular complexity index is 1470. The molecule has 0 fully saturated rings. The molecule has 2 amide bonds. The van der Waals surface area contributed by atoms with Crippen molar-refractivity contribution in [1.82, 2.24) is 10.3 Å².